The van der Waals surface area contributed by atoms with Crippen LogP contribution < -0.4 is 10.6 Å². The van der Waals surface area contributed by atoms with E-state index in [1.807, 2.05) is 20.8 Å². The fourth-order valence-electron chi connectivity index (χ4n) is 3.38. The highest BCUT2D eigenvalue weighted by Gasteiger charge is 2.18. The lowest BCUT2D eigenvalue weighted by molar-refractivity contribution is 0.108. The SMILES string of the molecule is CCNC(=NCc1nc(C)c(C)o1)NCC(O)CN1CCc2ccccc2C1. The van der Waals surface area contributed by atoms with E-state index in [2.05, 4.69) is 49.8 Å². The number of aliphatic imine (C=N–C) groups is 1. The number of hydrogen-bond acceptors (Lipinski definition) is 5. The van der Waals surface area contributed by atoms with Crippen LogP contribution >= 0.6 is 0 Å². The lowest BCUT2D eigenvalue weighted by Crippen LogP contribution is -2.45. The zero-order valence-electron chi connectivity index (χ0n) is 17.0. The van der Waals surface area contributed by atoms with Gasteiger partial charge in [0.1, 0.15) is 12.3 Å². The molecule has 1 aromatic carbocycles. The third-order valence-electron chi connectivity index (χ3n) is 4.97. The van der Waals surface area contributed by atoms with Gasteiger partial charge < -0.3 is 20.2 Å². The number of aryl methyl sites for hydroxylation is 2. The van der Waals surface area contributed by atoms with Gasteiger partial charge in [0.05, 0.1) is 11.8 Å². The van der Waals surface area contributed by atoms with Gasteiger partial charge in [-0.2, -0.15) is 0 Å². The Kier molecular flexibility index (Phi) is 7.06. The number of aliphatic hydroxyl groups excluding tert-OH is 1. The summed E-state index contributed by atoms with van der Waals surface area (Å²) < 4.78 is 5.57. The van der Waals surface area contributed by atoms with Crippen LogP contribution in [0.2, 0.25) is 0 Å². The molecule has 2 heterocycles. The Morgan fingerprint density at radius 1 is 1.29 bits per heavy atom. The maximum atomic E-state index is 10.5. The number of fused-ring (bicyclic) bond motifs is 1. The smallest absolute Gasteiger partial charge is 0.216 e. The van der Waals surface area contributed by atoms with Crippen molar-refractivity contribution < 1.29 is 9.52 Å². The summed E-state index contributed by atoms with van der Waals surface area (Å²) in [6, 6.07) is 8.54. The Balaban J connectivity index is 1.48. The van der Waals surface area contributed by atoms with Gasteiger partial charge in [-0.3, -0.25) is 4.90 Å². The average molecular weight is 386 g/mol. The first-order valence-corrected chi connectivity index (χ1v) is 9.97. The van der Waals surface area contributed by atoms with Gasteiger partial charge in [-0.25, -0.2) is 9.98 Å². The van der Waals surface area contributed by atoms with Crippen LogP contribution in [-0.4, -0.2) is 53.2 Å². The molecule has 0 aliphatic carbocycles. The molecule has 2 aromatic rings. The van der Waals surface area contributed by atoms with E-state index in [1.165, 1.54) is 11.1 Å². The molecule has 1 atom stereocenters. The van der Waals surface area contributed by atoms with Gasteiger partial charge >= 0.3 is 0 Å². The number of nitrogens with one attached hydrogen (secondary N) is 2. The van der Waals surface area contributed by atoms with Gasteiger partial charge in [-0.1, -0.05) is 24.3 Å². The molecule has 0 saturated carbocycles. The summed E-state index contributed by atoms with van der Waals surface area (Å²) in [5.74, 6) is 2.07. The van der Waals surface area contributed by atoms with Crippen molar-refractivity contribution in [2.24, 2.45) is 4.99 Å². The minimum Gasteiger partial charge on any atom is -0.444 e. The molecule has 0 fully saturated rings. The summed E-state index contributed by atoms with van der Waals surface area (Å²) in [6.45, 7) is 9.89. The number of aromatic nitrogens is 1. The van der Waals surface area contributed by atoms with Crippen molar-refractivity contribution >= 4 is 5.96 Å². The van der Waals surface area contributed by atoms with Gasteiger partial charge in [-0.15, -0.1) is 0 Å². The van der Waals surface area contributed by atoms with Gasteiger partial charge in [0.25, 0.3) is 0 Å². The van der Waals surface area contributed by atoms with E-state index in [0.717, 1.165) is 37.5 Å². The van der Waals surface area contributed by atoms with Crippen LogP contribution in [0.25, 0.3) is 0 Å². The predicted octanol–water partition coefficient (Wildman–Crippen LogP) is 1.77. The molecule has 152 valence electrons. The fraction of sp³-hybridized carbons (Fsp3) is 0.524. The van der Waals surface area contributed by atoms with Crippen molar-refractivity contribution in [3.05, 3.63) is 52.7 Å². The first-order chi connectivity index (χ1) is 13.5. The molecule has 3 N–H and O–H groups in total. The van der Waals surface area contributed by atoms with E-state index in [9.17, 15) is 5.11 Å². The number of aliphatic hydroxyl groups is 1. The molecule has 7 heteroatoms. The fourth-order valence-corrected chi connectivity index (χ4v) is 3.38. The summed E-state index contributed by atoms with van der Waals surface area (Å²) in [4.78, 5) is 11.2. The molecule has 1 aliphatic rings. The molecular formula is C21H31N5O2. The molecule has 28 heavy (non-hydrogen) atoms. The van der Waals surface area contributed by atoms with Gasteiger partial charge in [0, 0.05) is 32.7 Å². The van der Waals surface area contributed by atoms with Gasteiger partial charge in [-0.05, 0) is 38.3 Å². The number of rotatable bonds is 7. The molecule has 0 bridgehead atoms. The van der Waals surface area contributed by atoms with Crippen molar-refractivity contribution in [2.75, 3.05) is 26.2 Å². The van der Waals surface area contributed by atoms with Crippen LogP contribution in [0.15, 0.2) is 33.7 Å². The molecule has 0 radical (unpaired) electrons. The van der Waals surface area contributed by atoms with E-state index in [4.69, 9.17) is 4.42 Å². The monoisotopic (exact) mass is 385 g/mol. The molecule has 1 aromatic heterocycles. The topological polar surface area (TPSA) is 85.9 Å². The van der Waals surface area contributed by atoms with Gasteiger partial charge in [0.15, 0.2) is 5.96 Å². The number of hydrogen-bond donors (Lipinski definition) is 3. The molecule has 7 nitrogen and oxygen atoms in total. The molecule has 0 amide bonds. The van der Waals surface area contributed by atoms with Gasteiger partial charge in [0.2, 0.25) is 5.89 Å². The Hall–Kier alpha value is -2.38. The zero-order chi connectivity index (χ0) is 19.9. The molecule has 0 spiro atoms. The second-order valence-corrected chi connectivity index (χ2v) is 7.23. The van der Waals surface area contributed by atoms with E-state index >= 15 is 0 Å². The summed E-state index contributed by atoms with van der Waals surface area (Å²) in [7, 11) is 0. The summed E-state index contributed by atoms with van der Waals surface area (Å²) in [6.07, 6.45) is 0.565. The van der Waals surface area contributed by atoms with Crippen LogP contribution in [0.3, 0.4) is 0 Å². The number of benzene rings is 1. The quantitative estimate of drug-likeness (QED) is 0.497. The minimum atomic E-state index is -0.472. The van der Waals surface area contributed by atoms with Crippen molar-refractivity contribution in [3.8, 4) is 0 Å². The maximum absolute atomic E-state index is 10.5. The molecular weight excluding hydrogens is 354 g/mol. The summed E-state index contributed by atoms with van der Waals surface area (Å²) >= 11 is 0. The highest BCUT2D eigenvalue weighted by atomic mass is 16.4. The summed E-state index contributed by atoms with van der Waals surface area (Å²) in [5, 5.41) is 16.9. The Labute approximate surface area is 166 Å². The zero-order valence-corrected chi connectivity index (χ0v) is 17.0. The van der Waals surface area contributed by atoms with Crippen molar-refractivity contribution in [2.45, 2.75) is 46.4 Å². The highest BCUT2D eigenvalue weighted by molar-refractivity contribution is 5.79. The Morgan fingerprint density at radius 3 is 2.79 bits per heavy atom. The molecule has 0 saturated heterocycles. The number of nitrogens with zero attached hydrogens (tertiary/aromatic N) is 3. The van der Waals surface area contributed by atoms with E-state index in [0.29, 0.717) is 31.5 Å². The largest absolute Gasteiger partial charge is 0.444 e. The van der Waals surface area contributed by atoms with Crippen LogP contribution in [0.4, 0.5) is 0 Å². The van der Waals surface area contributed by atoms with Crippen molar-refractivity contribution in [3.63, 3.8) is 0 Å². The average Bonchev–Trinajstić information content (AvgIpc) is 3.01. The predicted molar refractivity (Wildman–Crippen MR) is 110 cm³/mol. The van der Waals surface area contributed by atoms with E-state index in [1.54, 1.807) is 0 Å². The maximum Gasteiger partial charge on any atom is 0.216 e. The first kappa shape index (κ1) is 20.4. The van der Waals surface area contributed by atoms with Crippen LogP contribution in [0, 0.1) is 13.8 Å². The normalized spacial score (nSPS) is 15.9. The van der Waals surface area contributed by atoms with Crippen LogP contribution in [0.5, 0.6) is 0 Å². The Morgan fingerprint density at radius 2 is 2.07 bits per heavy atom. The van der Waals surface area contributed by atoms with E-state index in [-0.39, 0.29) is 0 Å². The second kappa shape index (κ2) is 9.71. The number of guanidine groups is 1. The minimum absolute atomic E-state index is 0.364. The lowest BCUT2D eigenvalue weighted by Gasteiger charge is -2.30. The van der Waals surface area contributed by atoms with Crippen LogP contribution in [-0.2, 0) is 19.5 Å². The standard InChI is InChI=1S/C21H31N5O2/c1-4-22-21(24-12-20-25-15(2)16(3)28-20)23-11-19(27)14-26-10-9-17-7-5-6-8-18(17)13-26/h5-8,19,27H,4,9-14H2,1-3H3,(H2,22,23,24). The molecule has 1 unspecified atom stereocenters. The van der Waals surface area contributed by atoms with E-state index < -0.39 is 6.10 Å². The second-order valence-electron chi connectivity index (χ2n) is 7.23. The third-order valence-corrected chi connectivity index (χ3v) is 4.97. The number of β-amino-alcohol motifs (C(OH)–C–C–N with tert-alkyl or cyclic N) is 1. The number of oxazole rings is 1. The third kappa shape index (κ3) is 5.56. The molecule has 1 aliphatic heterocycles. The summed E-state index contributed by atoms with van der Waals surface area (Å²) in [5.41, 5.74) is 3.67. The van der Waals surface area contributed by atoms with Crippen LogP contribution in [0.1, 0.15) is 35.4 Å². The first-order valence-electron chi connectivity index (χ1n) is 9.97. The van der Waals surface area contributed by atoms with Crippen molar-refractivity contribution in [1.29, 1.82) is 0 Å². The van der Waals surface area contributed by atoms with Crippen molar-refractivity contribution in [1.82, 2.24) is 20.5 Å². The Bertz CT molecular complexity index is 782. The highest BCUT2D eigenvalue weighted by Crippen LogP contribution is 2.18. The molecule has 3 rings (SSSR count). The lowest BCUT2D eigenvalue weighted by atomic mass is 10.00.